The normalized spacial score (nSPS) is 21.6. The molecule has 1 N–H and O–H groups in total. The van der Waals surface area contributed by atoms with Crippen LogP contribution in [0.1, 0.15) is 19.1 Å². The zero-order valence-corrected chi connectivity index (χ0v) is 8.40. The van der Waals surface area contributed by atoms with E-state index < -0.39 is 0 Å². The van der Waals surface area contributed by atoms with E-state index in [1.165, 1.54) is 0 Å². The van der Waals surface area contributed by atoms with Gasteiger partial charge in [-0.05, 0) is 18.6 Å². The number of ether oxygens (including phenoxy) is 1. The maximum atomic E-state index is 9.42. The molecule has 0 saturated carbocycles. The van der Waals surface area contributed by atoms with E-state index in [1.54, 1.807) is 6.26 Å². The summed E-state index contributed by atoms with van der Waals surface area (Å²) < 4.78 is 10.5. The standard InChI is InChI=1S/C11H16O3/c1-11(8-12,5-9-6-13-7-9)10-3-2-4-14-10/h2-4,9,12H,5-8H2,1H3. The van der Waals surface area contributed by atoms with E-state index in [1.807, 2.05) is 19.1 Å². The van der Waals surface area contributed by atoms with Gasteiger partial charge in [-0.15, -0.1) is 0 Å². The summed E-state index contributed by atoms with van der Waals surface area (Å²) in [5.74, 6) is 1.43. The van der Waals surface area contributed by atoms with Crippen LogP contribution in [0.3, 0.4) is 0 Å². The molecular weight excluding hydrogens is 180 g/mol. The molecule has 14 heavy (non-hydrogen) atoms. The van der Waals surface area contributed by atoms with Crippen LogP contribution in [0.25, 0.3) is 0 Å². The van der Waals surface area contributed by atoms with Gasteiger partial charge in [-0.1, -0.05) is 6.92 Å². The minimum absolute atomic E-state index is 0.122. The summed E-state index contributed by atoms with van der Waals surface area (Å²) in [5, 5.41) is 9.42. The van der Waals surface area contributed by atoms with Crippen molar-refractivity contribution in [2.45, 2.75) is 18.8 Å². The lowest BCUT2D eigenvalue weighted by molar-refractivity contribution is -0.0502. The Bertz CT molecular complexity index is 277. The summed E-state index contributed by atoms with van der Waals surface area (Å²) in [6, 6.07) is 3.79. The predicted octanol–water partition coefficient (Wildman–Crippen LogP) is 1.57. The molecule has 1 saturated heterocycles. The van der Waals surface area contributed by atoms with Gasteiger partial charge in [0, 0.05) is 11.3 Å². The molecule has 0 aliphatic carbocycles. The van der Waals surface area contributed by atoms with Gasteiger partial charge in [-0.3, -0.25) is 0 Å². The molecule has 0 amide bonds. The maximum absolute atomic E-state index is 9.42. The molecule has 0 aromatic carbocycles. The van der Waals surface area contributed by atoms with Crippen molar-refractivity contribution in [3.8, 4) is 0 Å². The number of aliphatic hydroxyl groups is 1. The summed E-state index contributed by atoms with van der Waals surface area (Å²) in [7, 11) is 0. The van der Waals surface area contributed by atoms with Crippen molar-refractivity contribution in [1.82, 2.24) is 0 Å². The number of rotatable bonds is 4. The fourth-order valence-electron chi connectivity index (χ4n) is 1.90. The molecule has 1 aliphatic heterocycles. The minimum Gasteiger partial charge on any atom is -0.469 e. The third kappa shape index (κ3) is 1.70. The van der Waals surface area contributed by atoms with Gasteiger partial charge in [0.25, 0.3) is 0 Å². The summed E-state index contributed by atoms with van der Waals surface area (Å²) in [6.45, 7) is 3.79. The van der Waals surface area contributed by atoms with Crippen LogP contribution in [0.15, 0.2) is 22.8 Å². The van der Waals surface area contributed by atoms with Gasteiger partial charge in [0.05, 0.1) is 26.1 Å². The molecule has 2 heterocycles. The van der Waals surface area contributed by atoms with E-state index in [0.717, 1.165) is 25.4 Å². The van der Waals surface area contributed by atoms with Gasteiger partial charge in [0.15, 0.2) is 0 Å². The van der Waals surface area contributed by atoms with Crippen LogP contribution in [-0.2, 0) is 10.2 Å². The van der Waals surface area contributed by atoms with Crippen molar-refractivity contribution < 1.29 is 14.3 Å². The van der Waals surface area contributed by atoms with Crippen LogP contribution >= 0.6 is 0 Å². The first kappa shape index (κ1) is 9.74. The molecule has 1 atom stereocenters. The van der Waals surface area contributed by atoms with E-state index in [-0.39, 0.29) is 12.0 Å². The average molecular weight is 196 g/mol. The minimum atomic E-state index is -0.252. The van der Waals surface area contributed by atoms with Gasteiger partial charge < -0.3 is 14.3 Å². The zero-order chi connectivity index (χ0) is 10.0. The maximum Gasteiger partial charge on any atom is 0.111 e. The van der Waals surface area contributed by atoms with Crippen molar-refractivity contribution in [2.75, 3.05) is 19.8 Å². The highest BCUT2D eigenvalue weighted by molar-refractivity contribution is 5.13. The Morgan fingerprint density at radius 3 is 2.79 bits per heavy atom. The third-order valence-corrected chi connectivity index (χ3v) is 2.91. The largest absolute Gasteiger partial charge is 0.469 e. The average Bonchev–Trinajstić information content (AvgIpc) is 2.64. The Morgan fingerprint density at radius 2 is 2.36 bits per heavy atom. The summed E-state index contributed by atoms with van der Waals surface area (Å²) in [5.41, 5.74) is -0.252. The van der Waals surface area contributed by atoms with E-state index in [0.29, 0.717) is 5.92 Å². The first-order valence-electron chi connectivity index (χ1n) is 4.97. The summed E-state index contributed by atoms with van der Waals surface area (Å²) in [6.07, 6.45) is 2.58. The van der Waals surface area contributed by atoms with Crippen molar-refractivity contribution in [1.29, 1.82) is 0 Å². The predicted molar refractivity (Wildman–Crippen MR) is 52.1 cm³/mol. The van der Waals surface area contributed by atoms with Crippen molar-refractivity contribution in [3.05, 3.63) is 24.2 Å². The van der Waals surface area contributed by atoms with Gasteiger partial charge in [-0.25, -0.2) is 0 Å². The van der Waals surface area contributed by atoms with Crippen LogP contribution in [0, 0.1) is 5.92 Å². The summed E-state index contributed by atoms with van der Waals surface area (Å²) in [4.78, 5) is 0. The second kappa shape index (κ2) is 3.75. The molecule has 1 aromatic rings. The lowest BCUT2D eigenvalue weighted by atomic mass is 9.79. The molecule has 3 nitrogen and oxygen atoms in total. The molecule has 0 radical (unpaired) electrons. The molecule has 2 rings (SSSR count). The highest BCUT2D eigenvalue weighted by atomic mass is 16.5. The van der Waals surface area contributed by atoms with Crippen LogP contribution in [0.2, 0.25) is 0 Å². The van der Waals surface area contributed by atoms with Gasteiger partial charge in [0.1, 0.15) is 5.76 Å². The number of hydrogen-bond acceptors (Lipinski definition) is 3. The lowest BCUT2D eigenvalue weighted by Crippen LogP contribution is -2.37. The highest BCUT2D eigenvalue weighted by Crippen LogP contribution is 2.33. The van der Waals surface area contributed by atoms with Gasteiger partial charge >= 0.3 is 0 Å². The van der Waals surface area contributed by atoms with E-state index in [4.69, 9.17) is 9.15 Å². The molecular formula is C11H16O3. The quantitative estimate of drug-likeness (QED) is 0.794. The second-order valence-corrected chi connectivity index (χ2v) is 4.30. The Balaban J connectivity index is 2.08. The molecule has 3 heteroatoms. The number of furan rings is 1. The van der Waals surface area contributed by atoms with Crippen LogP contribution in [0.5, 0.6) is 0 Å². The molecule has 0 bridgehead atoms. The van der Waals surface area contributed by atoms with Crippen molar-refractivity contribution in [3.63, 3.8) is 0 Å². The monoisotopic (exact) mass is 196 g/mol. The molecule has 1 aliphatic rings. The molecule has 1 unspecified atom stereocenters. The first-order chi connectivity index (χ1) is 6.74. The Labute approximate surface area is 83.7 Å². The fraction of sp³-hybridized carbons (Fsp3) is 0.636. The first-order valence-corrected chi connectivity index (χ1v) is 4.97. The molecule has 78 valence electrons. The van der Waals surface area contributed by atoms with E-state index in [9.17, 15) is 5.11 Å². The van der Waals surface area contributed by atoms with Gasteiger partial charge in [0.2, 0.25) is 0 Å². The van der Waals surface area contributed by atoms with E-state index >= 15 is 0 Å². The third-order valence-electron chi connectivity index (χ3n) is 2.91. The molecule has 1 aromatic heterocycles. The van der Waals surface area contributed by atoms with Crippen LogP contribution < -0.4 is 0 Å². The smallest absolute Gasteiger partial charge is 0.111 e. The second-order valence-electron chi connectivity index (χ2n) is 4.30. The highest BCUT2D eigenvalue weighted by Gasteiger charge is 2.34. The van der Waals surface area contributed by atoms with E-state index in [2.05, 4.69) is 0 Å². The van der Waals surface area contributed by atoms with Crippen LogP contribution in [-0.4, -0.2) is 24.9 Å². The Hall–Kier alpha value is -0.800. The molecule has 0 spiro atoms. The lowest BCUT2D eigenvalue weighted by Gasteiger charge is -2.34. The topological polar surface area (TPSA) is 42.6 Å². The number of hydrogen-bond donors (Lipinski definition) is 1. The SMILES string of the molecule is CC(CO)(CC1COC1)c1ccco1. The van der Waals surface area contributed by atoms with Crippen molar-refractivity contribution >= 4 is 0 Å². The van der Waals surface area contributed by atoms with Crippen LogP contribution in [0.4, 0.5) is 0 Å². The molecule has 1 fully saturated rings. The Kier molecular flexibility index (Phi) is 2.61. The van der Waals surface area contributed by atoms with Gasteiger partial charge in [-0.2, -0.15) is 0 Å². The zero-order valence-electron chi connectivity index (χ0n) is 8.40. The Morgan fingerprint density at radius 1 is 1.57 bits per heavy atom. The number of aliphatic hydroxyl groups excluding tert-OH is 1. The fourth-order valence-corrected chi connectivity index (χ4v) is 1.90. The van der Waals surface area contributed by atoms with Crippen molar-refractivity contribution in [2.24, 2.45) is 5.92 Å². The summed E-state index contributed by atoms with van der Waals surface area (Å²) >= 11 is 0.